The number of aromatic nitrogens is 2. The number of fused-ring (bicyclic) bond motifs is 2. The summed E-state index contributed by atoms with van der Waals surface area (Å²) in [6, 6.07) is 8.90. The summed E-state index contributed by atoms with van der Waals surface area (Å²) in [5, 5.41) is 10.0. The largest absolute Gasteiger partial charge is 0.327 e. The lowest BCUT2D eigenvalue weighted by Gasteiger charge is -2.43. The van der Waals surface area contributed by atoms with Crippen molar-refractivity contribution in [2.45, 2.75) is 51.1 Å². The van der Waals surface area contributed by atoms with Crippen molar-refractivity contribution in [3.05, 3.63) is 42.7 Å². The molecule has 7 heteroatoms. The van der Waals surface area contributed by atoms with Gasteiger partial charge in [-0.2, -0.15) is 5.10 Å². The van der Waals surface area contributed by atoms with Crippen molar-refractivity contribution in [2.24, 2.45) is 23.5 Å². The van der Waals surface area contributed by atoms with Crippen molar-refractivity contribution in [3.63, 3.8) is 0 Å². The Morgan fingerprint density at radius 1 is 1.14 bits per heavy atom. The fourth-order valence-electron chi connectivity index (χ4n) is 4.80. The normalized spacial score (nSPS) is 27.1. The van der Waals surface area contributed by atoms with Gasteiger partial charge in [-0.3, -0.25) is 14.3 Å². The predicted octanol–water partition coefficient (Wildman–Crippen LogP) is 3.17. The van der Waals surface area contributed by atoms with Gasteiger partial charge in [-0.15, -0.1) is 0 Å². The van der Waals surface area contributed by atoms with Gasteiger partial charge in [-0.25, -0.2) is 0 Å². The Labute approximate surface area is 171 Å². The molecular formula is C22H29N5O2. The molecule has 0 saturated heterocycles. The van der Waals surface area contributed by atoms with Crippen LogP contribution in [0.3, 0.4) is 0 Å². The number of hydrogen-bond donors (Lipinski definition) is 3. The summed E-state index contributed by atoms with van der Waals surface area (Å²) in [5.41, 5.74) is 7.69. The molecule has 2 aromatic rings. The molecule has 29 heavy (non-hydrogen) atoms. The molecule has 1 aromatic heterocycles. The molecule has 0 spiro atoms. The summed E-state index contributed by atoms with van der Waals surface area (Å²) in [6.45, 7) is 1.79. The third kappa shape index (κ3) is 4.34. The summed E-state index contributed by atoms with van der Waals surface area (Å²) in [4.78, 5) is 25.3. The SMILES string of the molecule is CC(C(=O)Nc1cccc(NC(=O)C2CC3CCCC(C2)C3N)c1)n1cccn1. The van der Waals surface area contributed by atoms with Gasteiger partial charge in [0.2, 0.25) is 11.8 Å². The van der Waals surface area contributed by atoms with Crippen LogP contribution in [0.15, 0.2) is 42.7 Å². The third-order valence-electron chi connectivity index (χ3n) is 6.48. The first-order chi connectivity index (χ1) is 14.0. The molecule has 4 rings (SSSR count). The molecule has 2 aliphatic carbocycles. The molecule has 7 nitrogen and oxygen atoms in total. The Hall–Kier alpha value is -2.67. The second kappa shape index (κ2) is 8.37. The summed E-state index contributed by atoms with van der Waals surface area (Å²) in [5.74, 6) is 0.844. The molecule has 154 valence electrons. The van der Waals surface area contributed by atoms with E-state index in [2.05, 4.69) is 15.7 Å². The third-order valence-corrected chi connectivity index (χ3v) is 6.48. The van der Waals surface area contributed by atoms with E-state index in [9.17, 15) is 9.59 Å². The minimum absolute atomic E-state index is 0.0168. The maximum absolute atomic E-state index is 12.9. The number of rotatable bonds is 5. The van der Waals surface area contributed by atoms with Gasteiger partial charge in [-0.05, 0) is 68.7 Å². The van der Waals surface area contributed by atoms with Crippen LogP contribution in [0.5, 0.6) is 0 Å². The monoisotopic (exact) mass is 395 g/mol. The van der Waals surface area contributed by atoms with E-state index in [4.69, 9.17) is 5.73 Å². The van der Waals surface area contributed by atoms with Crippen molar-refractivity contribution in [1.29, 1.82) is 0 Å². The highest BCUT2D eigenvalue weighted by atomic mass is 16.2. The van der Waals surface area contributed by atoms with Crippen molar-refractivity contribution in [3.8, 4) is 0 Å². The number of hydrogen-bond acceptors (Lipinski definition) is 4. The van der Waals surface area contributed by atoms with E-state index >= 15 is 0 Å². The predicted molar refractivity (Wildman–Crippen MR) is 112 cm³/mol. The highest BCUT2D eigenvalue weighted by Crippen LogP contribution is 2.42. The molecule has 3 atom stereocenters. The fourth-order valence-corrected chi connectivity index (χ4v) is 4.80. The molecule has 2 saturated carbocycles. The first-order valence-corrected chi connectivity index (χ1v) is 10.5. The number of carbonyl (C=O) groups excluding carboxylic acids is 2. The lowest BCUT2D eigenvalue weighted by Crippen LogP contribution is -2.48. The molecule has 2 fully saturated rings. The zero-order valence-corrected chi connectivity index (χ0v) is 16.8. The van der Waals surface area contributed by atoms with Gasteiger partial charge in [0.1, 0.15) is 6.04 Å². The lowest BCUT2D eigenvalue weighted by atomic mass is 9.65. The molecule has 0 radical (unpaired) electrons. The molecule has 0 aliphatic heterocycles. The van der Waals surface area contributed by atoms with E-state index in [0.29, 0.717) is 23.2 Å². The first kappa shape index (κ1) is 19.6. The van der Waals surface area contributed by atoms with Crippen LogP contribution in [0.1, 0.15) is 45.1 Å². The van der Waals surface area contributed by atoms with Crippen LogP contribution in [0.4, 0.5) is 11.4 Å². The molecule has 2 aliphatic rings. The second-order valence-corrected chi connectivity index (χ2v) is 8.42. The molecule has 3 unspecified atom stereocenters. The van der Waals surface area contributed by atoms with Crippen LogP contribution in [0.25, 0.3) is 0 Å². The van der Waals surface area contributed by atoms with Gasteiger partial charge in [0, 0.05) is 35.7 Å². The molecule has 2 amide bonds. The summed E-state index contributed by atoms with van der Waals surface area (Å²) in [6.07, 6.45) is 8.66. The van der Waals surface area contributed by atoms with Gasteiger partial charge in [0.05, 0.1) is 0 Å². The quantitative estimate of drug-likeness (QED) is 0.723. The number of carbonyl (C=O) groups is 2. The molecule has 4 N–H and O–H groups in total. The second-order valence-electron chi connectivity index (χ2n) is 8.42. The minimum Gasteiger partial charge on any atom is -0.327 e. The van der Waals surface area contributed by atoms with Crippen molar-refractivity contribution < 1.29 is 9.59 Å². The number of benzene rings is 1. The fraction of sp³-hybridized carbons (Fsp3) is 0.500. The van der Waals surface area contributed by atoms with Gasteiger partial charge in [-0.1, -0.05) is 12.5 Å². The van der Waals surface area contributed by atoms with Gasteiger partial charge < -0.3 is 16.4 Å². The van der Waals surface area contributed by atoms with E-state index in [0.717, 1.165) is 25.7 Å². The van der Waals surface area contributed by atoms with E-state index in [1.54, 1.807) is 36.1 Å². The van der Waals surface area contributed by atoms with Crippen LogP contribution in [0.2, 0.25) is 0 Å². The number of nitrogens with two attached hydrogens (primary N) is 1. The van der Waals surface area contributed by atoms with Crippen molar-refractivity contribution in [1.82, 2.24) is 9.78 Å². The first-order valence-electron chi connectivity index (χ1n) is 10.5. The number of amides is 2. The van der Waals surface area contributed by atoms with Crippen LogP contribution < -0.4 is 16.4 Å². The Morgan fingerprint density at radius 2 is 1.83 bits per heavy atom. The van der Waals surface area contributed by atoms with E-state index in [-0.39, 0.29) is 23.8 Å². The van der Waals surface area contributed by atoms with E-state index in [1.165, 1.54) is 6.42 Å². The smallest absolute Gasteiger partial charge is 0.248 e. The molecular weight excluding hydrogens is 366 g/mol. The maximum Gasteiger partial charge on any atom is 0.248 e. The Bertz CT molecular complexity index is 852. The number of anilines is 2. The van der Waals surface area contributed by atoms with Gasteiger partial charge in [0.15, 0.2) is 0 Å². The molecule has 1 heterocycles. The van der Waals surface area contributed by atoms with Crippen molar-refractivity contribution >= 4 is 23.2 Å². The summed E-state index contributed by atoms with van der Waals surface area (Å²) in [7, 11) is 0. The van der Waals surface area contributed by atoms with E-state index in [1.807, 2.05) is 18.2 Å². The topological polar surface area (TPSA) is 102 Å². The highest BCUT2D eigenvalue weighted by Gasteiger charge is 2.40. The van der Waals surface area contributed by atoms with Gasteiger partial charge in [0.25, 0.3) is 0 Å². The zero-order valence-electron chi connectivity index (χ0n) is 16.8. The average molecular weight is 396 g/mol. The van der Waals surface area contributed by atoms with E-state index < -0.39 is 6.04 Å². The van der Waals surface area contributed by atoms with Gasteiger partial charge >= 0.3 is 0 Å². The van der Waals surface area contributed by atoms with Crippen molar-refractivity contribution in [2.75, 3.05) is 10.6 Å². The van der Waals surface area contributed by atoms with Crippen LogP contribution in [-0.4, -0.2) is 27.6 Å². The minimum atomic E-state index is -0.422. The van der Waals surface area contributed by atoms with Crippen LogP contribution in [0, 0.1) is 17.8 Å². The van der Waals surface area contributed by atoms with Crippen LogP contribution >= 0.6 is 0 Å². The number of nitrogens with one attached hydrogen (secondary N) is 2. The molecule has 1 aromatic carbocycles. The maximum atomic E-state index is 12.9. The standard InChI is InChI=1S/C22H29N5O2/c1-14(27-10-4-9-24-27)21(28)25-18-7-3-8-19(13-18)26-22(29)17-11-15-5-2-6-16(12-17)20(15)23/h3-4,7-10,13-17,20H,2,5-6,11-12,23H2,1H3,(H,25,28)(H,26,29). The summed E-state index contributed by atoms with van der Waals surface area (Å²) < 4.78 is 1.60. The lowest BCUT2D eigenvalue weighted by molar-refractivity contribution is -0.122. The Morgan fingerprint density at radius 3 is 2.48 bits per heavy atom. The Kier molecular flexibility index (Phi) is 5.67. The average Bonchev–Trinajstić information content (AvgIpc) is 3.22. The zero-order chi connectivity index (χ0) is 20.4. The molecule has 2 bridgehead atoms. The highest BCUT2D eigenvalue weighted by molar-refractivity contribution is 5.96. The van der Waals surface area contributed by atoms with Crippen LogP contribution in [-0.2, 0) is 9.59 Å². The number of nitrogens with zero attached hydrogens (tertiary/aromatic N) is 2. The summed E-state index contributed by atoms with van der Waals surface area (Å²) >= 11 is 0. The Balaban J connectivity index is 1.37.